The van der Waals surface area contributed by atoms with E-state index in [-0.39, 0.29) is 17.8 Å². The topological polar surface area (TPSA) is 91.8 Å². The second-order valence-electron chi connectivity index (χ2n) is 5.99. The quantitative estimate of drug-likeness (QED) is 0.848. The van der Waals surface area contributed by atoms with Crippen LogP contribution in [-0.4, -0.2) is 59.3 Å². The average molecular weight is 339 g/mol. The molecule has 1 unspecified atom stereocenters. The molecule has 2 heterocycles. The van der Waals surface area contributed by atoms with Gasteiger partial charge in [0.1, 0.15) is 0 Å². The van der Waals surface area contributed by atoms with Crippen molar-refractivity contribution in [3.05, 3.63) is 15.6 Å². The monoisotopic (exact) mass is 339 g/mol. The summed E-state index contributed by atoms with van der Waals surface area (Å²) >= 11 is 1.37. The van der Waals surface area contributed by atoms with Crippen LogP contribution in [0.4, 0.5) is 4.79 Å². The van der Waals surface area contributed by atoms with Gasteiger partial charge in [0.05, 0.1) is 17.7 Å². The number of urea groups is 1. The molecule has 2 aliphatic rings. The number of aromatic carboxylic acids is 1. The predicted molar refractivity (Wildman–Crippen MR) is 85.0 cm³/mol. The van der Waals surface area contributed by atoms with Crippen molar-refractivity contribution in [2.24, 2.45) is 5.92 Å². The molecule has 1 saturated carbocycles. The van der Waals surface area contributed by atoms with Gasteiger partial charge in [0.2, 0.25) is 0 Å². The minimum absolute atomic E-state index is 0.0781. The first-order chi connectivity index (χ1) is 11.0. The van der Waals surface area contributed by atoms with E-state index in [0.29, 0.717) is 43.5 Å². The zero-order valence-electron chi connectivity index (χ0n) is 13.1. The lowest BCUT2D eigenvalue weighted by Crippen LogP contribution is -2.50. The zero-order chi connectivity index (χ0) is 16.4. The molecule has 23 heavy (non-hydrogen) atoms. The molecule has 126 valence electrons. The Morgan fingerprint density at radius 1 is 1.48 bits per heavy atom. The summed E-state index contributed by atoms with van der Waals surface area (Å²) in [5.41, 5.74) is 0.108. The van der Waals surface area contributed by atoms with Gasteiger partial charge in [0.25, 0.3) is 0 Å². The van der Waals surface area contributed by atoms with Crippen molar-refractivity contribution in [2.45, 2.75) is 32.3 Å². The number of carbonyl (C=O) groups is 2. The molecule has 1 aliphatic heterocycles. The first-order valence-corrected chi connectivity index (χ1v) is 8.70. The molecule has 0 aromatic carbocycles. The summed E-state index contributed by atoms with van der Waals surface area (Å²) in [5.74, 6) is -0.383. The maximum absolute atomic E-state index is 12.2. The van der Waals surface area contributed by atoms with Crippen LogP contribution in [0.25, 0.3) is 0 Å². The SMILES string of the molecule is Cc1sc(CCNC(=O)N2CCOC(C3CC3)C2)nc1C(=O)O. The minimum Gasteiger partial charge on any atom is -0.476 e. The lowest BCUT2D eigenvalue weighted by molar-refractivity contribution is -0.0252. The fourth-order valence-electron chi connectivity index (χ4n) is 2.76. The Morgan fingerprint density at radius 3 is 2.91 bits per heavy atom. The largest absolute Gasteiger partial charge is 0.476 e. The van der Waals surface area contributed by atoms with Crippen LogP contribution in [0.15, 0.2) is 0 Å². The smallest absolute Gasteiger partial charge is 0.355 e. The highest BCUT2D eigenvalue weighted by molar-refractivity contribution is 7.11. The number of hydrogen-bond donors (Lipinski definition) is 2. The third kappa shape index (κ3) is 4.00. The van der Waals surface area contributed by atoms with Gasteiger partial charge in [-0.1, -0.05) is 0 Å². The van der Waals surface area contributed by atoms with E-state index >= 15 is 0 Å². The summed E-state index contributed by atoms with van der Waals surface area (Å²) in [6.45, 7) is 4.08. The van der Waals surface area contributed by atoms with Gasteiger partial charge in [0, 0.05) is 30.9 Å². The molecular formula is C15H21N3O4S. The summed E-state index contributed by atoms with van der Waals surface area (Å²) in [7, 11) is 0. The summed E-state index contributed by atoms with van der Waals surface area (Å²) in [4.78, 5) is 29.8. The number of carboxylic acid groups (broad SMARTS) is 1. The number of aromatic nitrogens is 1. The van der Waals surface area contributed by atoms with Crippen LogP contribution in [0.2, 0.25) is 0 Å². The molecule has 1 aromatic heterocycles. The fraction of sp³-hybridized carbons (Fsp3) is 0.667. The van der Waals surface area contributed by atoms with Gasteiger partial charge in [-0.25, -0.2) is 14.6 Å². The first-order valence-electron chi connectivity index (χ1n) is 7.88. The molecule has 0 radical (unpaired) electrons. The van der Waals surface area contributed by atoms with Crippen molar-refractivity contribution in [3.8, 4) is 0 Å². The van der Waals surface area contributed by atoms with Crippen LogP contribution in [-0.2, 0) is 11.2 Å². The van der Waals surface area contributed by atoms with Crippen molar-refractivity contribution < 1.29 is 19.4 Å². The van der Waals surface area contributed by atoms with Gasteiger partial charge >= 0.3 is 12.0 Å². The number of aryl methyl sites for hydroxylation is 1. The Bertz CT molecular complexity index is 600. The van der Waals surface area contributed by atoms with Gasteiger partial charge in [-0.2, -0.15) is 0 Å². The molecule has 3 rings (SSSR count). The van der Waals surface area contributed by atoms with E-state index in [9.17, 15) is 9.59 Å². The Balaban J connectivity index is 1.45. The number of nitrogens with zero attached hydrogens (tertiary/aromatic N) is 2. The molecule has 8 heteroatoms. The summed E-state index contributed by atoms with van der Waals surface area (Å²) in [6, 6.07) is -0.0781. The third-order valence-corrected chi connectivity index (χ3v) is 5.22. The number of thiazole rings is 1. The Labute approximate surface area is 138 Å². The predicted octanol–water partition coefficient (Wildman–Crippen LogP) is 1.51. The number of ether oxygens (including phenoxy) is 1. The summed E-state index contributed by atoms with van der Waals surface area (Å²) in [5, 5.41) is 12.6. The van der Waals surface area contributed by atoms with Gasteiger partial charge in [0.15, 0.2) is 5.69 Å². The van der Waals surface area contributed by atoms with Crippen molar-refractivity contribution in [2.75, 3.05) is 26.2 Å². The van der Waals surface area contributed by atoms with Crippen molar-refractivity contribution in [1.82, 2.24) is 15.2 Å². The van der Waals surface area contributed by atoms with E-state index in [0.717, 1.165) is 5.01 Å². The lowest BCUT2D eigenvalue weighted by Gasteiger charge is -2.33. The lowest BCUT2D eigenvalue weighted by atomic mass is 10.2. The van der Waals surface area contributed by atoms with Crippen molar-refractivity contribution in [3.63, 3.8) is 0 Å². The molecule has 2 amide bonds. The zero-order valence-corrected chi connectivity index (χ0v) is 13.9. The normalized spacial score (nSPS) is 21.3. The third-order valence-electron chi connectivity index (χ3n) is 4.19. The number of amides is 2. The maximum Gasteiger partial charge on any atom is 0.355 e. The highest BCUT2D eigenvalue weighted by Crippen LogP contribution is 2.35. The van der Waals surface area contributed by atoms with E-state index in [2.05, 4.69) is 10.3 Å². The van der Waals surface area contributed by atoms with Gasteiger partial charge in [-0.05, 0) is 25.7 Å². The molecule has 1 saturated heterocycles. The molecule has 7 nitrogen and oxygen atoms in total. The van der Waals surface area contributed by atoms with Gasteiger partial charge in [-0.15, -0.1) is 11.3 Å². The average Bonchev–Trinajstić information content (AvgIpc) is 3.31. The van der Waals surface area contributed by atoms with Crippen LogP contribution < -0.4 is 5.32 Å². The Morgan fingerprint density at radius 2 is 2.26 bits per heavy atom. The van der Waals surface area contributed by atoms with Crippen LogP contribution >= 0.6 is 11.3 Å². The number of carbonyl (C=O) groups excluding carboxylic acids is 1. The van der Waals surface area contributed by atoms with Crippen molar-refractivity contribution in [1.29, 1.82) is 0 Å². The first kappa shape index (κ1) is 16.2. The van der Waals surface area contributed by atoms with E-state index in [1.807, 2.05) is 4.90 Å². The molecule has 0 spiro atoms. The van der Waals surface area contributed by atoms with E-state index in [1.54, 1.807) is 6.92 Å². The number of carboxylic acids is 1. The van der Waals surface area contributed by atoms with Crippen LogP contribution in [0.5, 0.6) is 0 Å². The standard InChI is InChI=1S/C15H21N3O4S/c1-9-13(14(19)20)17-12(23-9)4-5-16-15(21)18-6-7-22-11(8-18)10-2-3-10/h10-11H,2-8H2,1H3,(H,16,21)(H,19,20). The van der Waals surface area contributed by atoms with Crippen molar-refractivity contribution >= 4 is 23.3 Å². The summed E-state index contributed by atoms with van der Waals surface area (Å²) in [6.07, 6.45) is 3.14. The highest BCUT2D eigenvalue weighted by Gasteiger charge is 2.36. The molecule has 0 bridgehead atoms. The molecule has 1 atom stereocenters. The Kier molecular flexibility index (Phi) is 4.82. The molecule has 2 N–H and O–H groups in total. The van der Waals surface area contributed by atoms with E-state index in [4.69, 9.17) is 9.84 Å². The van der Waals surface area contributed by atoms with E-state index in [1.165, 1.54) is 24.2 Å². The van der Waals surface area contributed by atoms with Crippen LogP contribution in [0.1, 0.15) is 33.2 Å². The second-order valence-corrected chi connectivity index (χ2v) is 7.28. The summed E-state index contributed by atoms with van der Waals surface area (Å²) < 4.78 is 5.71. The second kappa shape index (κ2) is 6.84. The number of rotatable bonds is 5. The molecule has 1 aliphatic carbocycles. The molecular weight excluding hydrogens is 318 g/mol. The van der Waals surface area contributed by atoms with Gasteiger partial charge < -0.3 is 20.1 Å². The molecule has 2 fully saturated rings. The Hall–Kier alpha value is -1.67. The van der Waals surface area contributed by atoms with E-state index < -0.39 is 5.97 Å². The van der Waals surface area contributed by atoms with Crippen LogP contribution in [0.3, 0.4) is 0 Å². The van der Waals surface area contributed by atoms with Gasteiger partial charge in [-0.3, -0.25) is 0 Å². The fourth-order valence-corrected chi connectivity index (χ4v) is 3.68. The van der Waals surface area contributed by atoms with Crippen LogP contribution in [0, 0.1) is 12.8 Å². The number of hydrogen-bond acceptors (Lipinski definition) is 5. The highest BCUT2D eigenvalue weighted by atomic mass is 32.1. The minimum atomic E-state index is -1.01. The molecule has 1 aromatic rings. The number of nitrogens with one attached hydrogen (secondary N) is 1. The maximum atomic E-state index is 12.2. The number of morpholine rings is 1.